The summed E-state index contributed by atoms with van der Waals surface area (Å²) in [5.74, 6) is 9.78. The van der Waals surface area contributed by atoms with Crippen molar-refractivity contribution >= 4 is 10.1 Å². The molecule has 0 fully saturated rings. The van der Waals surface area contributed by atoms with Crippen LogP contribution in [0.5, 0.6) is 138 Å². The number of rotatable bonds is 11. The first-order valence-corrected chi connectivity index (χ1v) is 43.6. The predicted octanol–water partition coefficient (Wildman–Crippen LogP) is 17.1. The molecule has 0 amide bonds. The van der Waals surface area contributed by atoms with E-state index < -0.39 is 27.1 Å². The number of hydrogen-bond donors (Lipinski definition) is 8. The van der Waals surface area contributed by atoms with Crippen LogP contribution < -0.4 is 89.4 Å². The molecular weight excluding hydrogens is 1740 g/mol. The van der Waals surface area contributed by atoms with Crippen LogP contribution in [-0.2, 0) is 43.2 Å². The lowest BCUT2D eigenvalue weighted by atomic mass is 9.96. The molecule has 0 aliphatic carbocycles. The Hall–Kier alpha value is -13.8. The fourth-order valence-corrected chi connectivity index (χ4v) is 14.4. The minimum atomic E-state index is -5.74. The molecule has 706 valence electrons. The summed E-state index contributed by atoms with van der Waals surface area (Å²) in [4.78, 5) is 0. The Bertz CT molecular complexity index is 5640. The molecule has 33 heteroatoms. The number of phenolic OH excluding ortho intramolecular Hbond substituents is 5. The summed E-state index contributed by atoms with van der Waals surface area (Å²) in [6.07, 6.45) is 0. The molecule has 0 bridgehead atoms. The molecule has 8 N–H and O–H groups in total. The Morgan fingerprint density at radius 3 is 1.04 bits per heavy atom. The molecule has 132 heavy (non-hydrogen) atoms. The van der Waals surface area contributed by atoms with Gasteiger partial charge in [-0.15, -0.1) is 0 Å². The highest BCUT2D eigenvalue weighted by molar-refractivity contribution is 7.88. The van der Waals surface area contributed by atoms with Crippen LogP contribution in [0.2, 0.25) is 0 Å². The van der Waals surface area contributed by atoms with E-state index in [1.165, 1.54) is 29.3 Å². The van der Waals surface area contributed by atoms with Gasteiger partial charge in [0.1, 0.15) is 119 Å². The highest BCUT2D eigenvalue weighted by Crippen LogP contribution is 2.48. The molecule has 11 aromatic carbocycles. The second kappa shape index (κ2) is 46.7. The zero-order chi connectivity index (χ0) is 94.8. The average Bonchev–Trinajstić information content (AvgIpc) is 0.791. The Labute approximate surface area is 763 Å². The van der Waals surface area contributed by atoms with Crippen LogP contribution in [0.4, 0.5) is 13.2 Å². The number of benzene rings is 11. The molecular formula is C99H109F3O29S. The van der Waals surface area contributed by atoms with E-state index in [1.807, 2.05) is 159 Å². The lowest BCUT2D eigenvalue weighted by Gasteiger charge is -2.25. The van der Waals surface area contributed by atoms with Crippen molar-refractivity contribution in [2.45, 2.75) is 115 Å². The molecule has 0 aromatic heterocycles. The number of aliphatic hydroxyl groups is 3. The smallest absolute Gasteiger partial charge is 0.504 e. The standard InChI is InChI=1S/C16H16O4.C16H16O3.C12H16O3.C10H9F3O5S.C10H12O3.C10H12O2.2C9H10O3.C7H8O3/c17-10-13-8-14-16(19-7-6-18-14)15(9-13)20-11-12-4-2-1-3-5-12;1-12-9-14-16(18-8-7-17-14)15(10-12)19-11-13-5-3-2-4-6-13;1-7-8(2)10(6-13)12-11(9(7)3)14-4-5-15-12;1-6-4-7-9(17-3-2-16-7)8(5-6)18-19(14,15)10(11,12)13;1-7-4-8(6-11)10-9(5-7)12-2-3-13-10;1-7-5-8(2)10-9(6-7)11-3-4-12-10;2*1-6-4-7(10)9-8(5-6)11-2-3-12-9;1-4-2-5(8)7(10)6(9)3-4/h1-5,8-9,17H,6-7,10-11H2;2-6,9-10H,7-8,11H2,1H3;13H,4-6H2,1-3H3;4-5H,2-3H2,1H3;4-5,11H,2-3,6H2,1H3;5-6H,3-4H2,1-2H3;2*4-5,10H,2-3H2,1H3;2-3,8-10H,1H3. The van der Waals surface area contributed by atoms with Crippen molar-refractivity contribution in [2.75, 3.05) is 106 Å². The molecule has 8 aliphatic heterocycles. The zero-order valence-electron chi connectivity index (χ0n) is 75.1. The first-order chi connectivity index (χ1) is 63.3. The van der Waals surface area contributed by atoms with Gasteiger partial charge in [-0.25, -0.2) is 0 Å². The fourth-order valence-electron chi connectivity index (χ4n) is 13.9. The number of halogens is 3. The number of hydrogen-bond acceptors (Lipinski definition) is 29. The normalized spacial score (nSPS) is 13.7. The quantitative estimate of drug-likeness (QED) is 0.0339. The van der Waals surface area contributed by atoms with Gasteiger partial charge in [-0.1, -0.05) is 66.7 Å². The summed E-state index contributed by atoms with van der Waals surface area (Å²) in [6, 6.07) is 47.9. The van der Waals surface area contributed by atoms with Crippen molar-refractivity contribution in [1.82, 2.24) is 0 Å². The van der Waals surface area contributed by atoms with Crippen LogP contribution in [0.1, 0.15) is 89.0 Å². The molecule has 8 aliphatic rings. The summed E-state index contributed by atoms with van der Waals surface area (Å²) >= 11 is 0. The lowest BCUT2D eigenvalue weighted by Crippen LogP contribution is -2.28. The van der Waals surface area contributed by atoms with E-state index in [-0.39, 0.29) is 67.5 Å². The summed E-state index contributed by atoms with van der Waals surface area (Å²) < 4.78 is 161. The number of aryl methyl sites for hydroxylation is 8. The molecule has 0 atom stereocenters. The Morgan fingerprint density at radius 1 is 0.295 bits per heavy atom. The predicted molar refractivity (Wildman–Crippen MR) is 481 cm³/mol. The summed E-state index contributed by atoms with van der Waals surface area (Å²) in [5, 5.41) is 73.2. The topological polar surface area (TPSA) is 371 Å². The van der Waals surface area contributed by atoms with E-state index in [4.69, 9.17) is 106 Å². The third-order valence-corrected chi connectivity index (χ3v) is 21.2. The molecule has 0 saturated heterocycles. The maximum absolute atomic E-state index is 12.3. The zero-order valence-corrected chi connectivity index (χ0v) is 75.9. The number of aliphatic hydroxyl groups excluding tert-OH is 3. The molecule has 11 aromatic rings. The molecule has 29 nitrogen and oxygen atoms in total. The first kappa shape index (κ1) is 98.8. The minimum Gasteiger partial charge on any atom is -0.504 e. The van der Waals surface area contributed by atoms with E-state index in [0.717, 1.165) is 113 Å². The van der Waals surface area contributed by atoms with Crippen molar-refractivity contribution < 1.29 is 152 Å². The second-order valence-electron chi connectivity index (χ2n) is 30.7. The third kappa shape index (κ3) is 26.7. The van der Waals surface area contributed by atoms with Crippen LogP contribution in [0.25, 0.3) is 0 Å². The van der Waals surface area contributed by atoms with Crippen molar-refractivity contribution in [2.24, 2.45) is 0 Å². The van der Waals surface area contributed by atoms with Gasteiger partial charge in [0.25, 0.3) is 0 Å². The van der Waals surface area contributed by atoms with Gasteiger partial charge in [0.05, 0.1) is 19.8 Å². The van der Waals surface area contributed by atoms with Crippen LogP contribution in [0.3, 0.4) is 0 Å². The third-order valence-electron chi connectivity index (χ3n) is 20.2. The summed E-state index contributed by atoms with van der Waals surface area (Å²) in [7, 11) is -5.74. The monoisotopic (exact) mass is 1850 g/mol. The van der Waals surface area contributed by atoms with Crippen molar-refractivity contribution in [3.8, 4) is 138 Å². The molecule has 8 heterocycles. The van der Waals surface area contributed by atoms with Crippen molar-refractivity contribution in [1.29, 1.82) is 0 Å². The van der Waals surface area contributed by atoms with Gasteiger partial charge < -0.3 is 130 Å². The fraction of sp³-hybridized carbons (Fsp3) is 0.333. The lowest BCUT2D eigenvalue weighted by molar-refractivity contribution is -0.0501. The van der Waals surface area contributed by atoms with Crippen molar-refractivity contribution in [3.63, 3.8) is 0 Å². The van der Waals surface area contributed by atoms with Crippen LogP contribution >= 0.6 is 0 Å². The number of fused-ring (bicyclic) bond motifs is 8. The largest absolute Gasteiger partial charge is 0.534 e. The summed E-state index contributed by atoms with van der Waals surface area (Å²) in [6.45, 7) is 30.4. The highest BCUT2D eigenvalue weighted by Gasteiger charge is 2.49. The number of ether oxygens (including phenoxy) is 18. The highest BCUT2D eigenvalue weighted by atomic mass is 32.2. The van der Waals surface area contributed by atoms with E-state index in [2.05, 4.69) is 17.2 Å². The minimum absolute atomic E-state index is 0.00134. The first-order valence-electron chi connectivity index (χ1n) is 42.2. The molecule has 19 rings (SSSR count). The molecule has 0 saturated carbocycles. The van der Waals surface area contributed by atoms with Gasteiger partial charge in [-0.3, -0.25) is 0 Å². The van der Waals surface area contributed by atoms with E-state index >= 15 is 0 Å². The van der Waals surface area contributed by atoms with E-state index in [9.17, 15) is 42.0 Å². The average molecular weight is 1850 g/mol. The van der Waals surface area contributed by atoms with Crippen LogP contribution in [0, 0.1) is 76.2 Å². The number of alkyl halides is 3. The summed E-state index contributed by atoms with van der Waals surface area (Å²) in [5.41, 5.74) is 10.2. The Kier molecular flexibility index (Phi) is 34.9. The van der Waals surface area contributed by atoms with E-state index in [1.54, 1.807) is 38.1 Å². The number of phenols is 5. The molecule has 0 spiro atoms. The SMILES string of the molecule is Cc1c(C)c(CO)c2c(c1C)OCCO2.Cc1cc(C)c2c(c1)OCCO2.Cc1cc(CO)c2c(c1)OCCO2.Cc1cc(O)c(O)c(O)c1.Cc1cc(O)c2c(c1)OCCO2.Cc1cc(O)c2c(c1)OCCO2.Cc1cc2c(c(OCc3ccccc3)c1)OCCO2.Cc1cc2c(c(OS(=O)(=O)C(F)(F)F)c1)OCCO2.OCc1cc2c(c(OCc3ccccc3)c1)OCCO2. The maximum atomic E-state index is 12.3. The maximum Gasteiger partial charge on any atom is 0.534 e. The van der Waals surface area contributed by atoms with Crippen LogP contribution in [-0.4, -0.2) is 160 Å². The Balaban J connectivity index is 0.000000144. The Morgan fingerprint density at radius 2 is 0.614 bits per heavy atom. The molecule has 0 unspecified atom stereocenters. The van der Waals surface area contributed by atoms with Gasteiger partial charge in [0.2, 0.25) is 28.7 Å². The van der Waals surface area contributed by atoms with Gasteiger partial charge in [0.15, 0.2) is 109 Å². The van der Waals surface area contributed by atoms with Crippen LogP contribution in [0.15, 0.2) is 158 Å². The van der Waals surface area contributed by atoms with E-state index in [0.29, 0.717) is 169 Å². The van der Waals surface area contributed by atoms with Gasteiger partial charge in [-0.05, 0) is 245 Å². The number of aromatic hydroxyl groups is 5. The van der Waals surface area contributed by atoms with Gasteiger partial charge >= 0.3 is 15.6 Å². The van der Waals surface area contributed by atoms with Crippen molar-refractivity contribution in [3.05, 3.63) is 247 Å². The van der Waals surface area contributed by atoms with Gasteiger partial charge in [0, 0.05) is 11.1 Å². The molecule has 0 radical (unpaired) electrons. The second-order valence-corrected chi connectivity index (χ2v) is 32.3. The van der Waals surface area contributed by atoms with Gasteiger partial charge in [-0.2, -0.15) is 21.6 Å².